The topological polar surface area (TPSA) is 102 Å². The molecule has 2 heterocycles. The Morgan fingerprint density at radius 1 is 1.25 bits per heavy atom. The summed E-state index contributed by atoms with van der Waals surface area (Å²) in [5, 5.41) is 3.22. The number of rotatable bonds is 7. The van der Waals surface area contributed by atoms with Crippen molar-refractivity contribution in [3.8, 4) is 5.75 Å². The molecule has 1 N–H and O–H groups in total. The molecule has 8 nitrogen and oxygen atoms in total. The van der Waals surface area contributed by atoms with Gasteiger partial charge in [0.25, 0.3) is 5.91 Å². The molecule has 0 aliphatic carbocycles. The Morgan fingerprint density at radius 2 is 2.00 bits per heavy atom. The highest BCUT2D eigenvalue weighted by molar-refractivity contribution is 7.89. The zero-order valence-corrected chi connectivity index (χ0v) is 20.3. The largest absolute Gasteiger partial charge is 0.495 e. The predicted molar refractivity (Wildman–Crippen MR) is 123 cm³/mol. The van der Waals surface area contributed by atoms with E-state index in [0.717, 1.165) is 30.6 Å². The summed E-state index contributed by atoms with van der Waals surface area (Å²) in [6.45, 7) is 6.07. The molecule has 1 amide bonds. The minimum absolute atomic E-state index is 0.0315. The van der Waals surface area contributed by atoms with E-state index in [9.17, 15) is 18.0 Å². The average Bonchev–Trinajstić information content (AvgIpc) is 3.13. The number of carbonyl (C=O) groups is 2. The molecule has 2 aromatic rings. The van der Waals surface area contributed by atoms with Gasteiger partial charge in [-0.1, -0.05) is 6.42 Å². The van der Waals surface area contributed by atoms with E-state index in [-0.39, 0.29) is 28.9 Å². The van der Waals surface area contributed by atoms with Gasteiger partial charge < -0.3 is 14.8 Å². The van der Waals surface area contributed by atoms with Crippen LogP contribution in [0.1, 0.15) is 58.7 Å². The van der Waals surface area contributed by atoms with Gasteiger partial charge in [0.1, 0.15) is 15.5 Å². The second-order valence-electron chi connectivity index (χ2n) is 7.62. The van der Waals surface area contributed by atoms with Crippen molar-refractivity contribution in [2.75, 3.05) is 25.6 Å². The van der Waals surface area contributed by atoms with E-state index in [1.165, 1.54) is 29.6 Å². The number of carbonyl (C=O) groups excluding carboxylic acids is 2. The van der Waals surface area contributed by atoms with Crippen LogP contribution in [0.15, 0.2) is 29.2 Å². The van der Waals surface area contributed by atoms with E-state index in [2.05, 4.69) is 5.32 Å². The number of piperidine rings is 1. The lowest BCUT2D eigenvalue weighted by Crippen LogP contribution is -2.42. The number of ether oxygens (including phenoxy) is 2. The summed E-state index contributed by atoms with van der Waals surface area (Å²) in [6.07, 6.45) is 2.58. The maximum absolute atomic E-state index is 13.4. The third-order valence-corrected chi connectivity index (χ3v) is 8.54. The smallest absolute Gasteiger partial charge is 0.348 e. The summed E-state index contributed by atoms with van der Waals surface area (Å²) in [6, 6.07) is 5.91. The maximum Gasteiger partial charge on any atom is 0.348 e. The number of esters is 1. The first kappa shape index (κ1) is 24.2. The molecule has 1 aliphatic heterocycles. The number of methoxy groups -OCH3 is 1. The number of amides is 1. The van der Waals surface area contributed by atoms with Crippen molar-refractivity contribution < 1.29 is 27.5 Å². The Bertz CT molecular complexity index is 1110. The summed E-state index contributed by atoms with van der Waals surface area (Å²) < 4.78 is 38.5. The number of benzene rings is 1. The van der Waals surface area contributed by atoms with Gasteiger partial charge in [-0.25, -0.2) is 13.2 Å². The van der Waals surface area contributed by atoms with Gasteiger partial charge in [-0.2, -0.15) is 4.31 Å². The van der Waals surface area contributed by atoms with Crippen LogP contribution in [-0.4, -0.2) is 50.9 Å². The normalized spacial score (nSPS) is 17.1. The molecular weight excluding hydrogens is 452 g/mol. The first-order valence-corrected chi connectivity index (χ1v) is 12.7. The third-order valence-electron chi connectivity index (χ3n) is 5.37. The molecule has 1 aromatic carbocycles. The Hall–Kier alpha value is -2.43. The number of sulfonamides is 1. The number of anilines is 1. The number of thiophene rings is 1. The monoisotopic (exact) mass is 480 g/mol. The minimum atomic E-state index is -3.83. The van der Waals surface area contributed by atoms with Gasteiger partial charge in [0.2, 0.25) is 10.0 Å². The predicted octanol–water partition coefficient (Wildman–Crippen LogP) is 4.06. The van der Waals surface area contributed by atoms with Crippen LogP contribution in [0.3, 0.4) is 0 Å². The second kappa shape index (κ2) is 10.0. The van der Waals surface area contributed by atoms with Crippen LogP contribution < -0.4 is 10.1 Å². The van der Waals surface area contributed by atoms with Gasteiger partial charge in [0, 0.05) is 18.2 Å². The summed E-state index contributed by atoms with van der Waals surface area (Å²) >= 11 is 1.11. The number of nitrogens with one attached hydrogen (secondary N) is 1. The first-order valence-electron chi connectivity index (χ1n) is 10.5. The van der Waals surface area contributed by atoms with E-state index in [1.807, 2.05) is 6.92 Å². The maximum atomic E-state index is 13.4. The summed E-state index contributed by atoms with van der Waals surface area (Å²) in [4.78, 5) is 25.3. The van der Waals surface area contributed by atoms with Crippen LogP contribution in [0, 0.1) is 6.92 Å². The van der Waals surface area contributed by atoms with Crippen LogP contribution in [0.5, 0.6) is 5.75 Å². The van der Waals surface area contributed by atoms with Gasteiger partial charge in [0.05, 0.1) is 18.7 Å². The van der Waals surface area contributed by atoms with Gasteiger partial charge in [-0.15, -0.1) is 11.3 Å². The van der Waals surface area contributed by atoms with Crippen LogP contribution in [-0.2, 0) is 14.8 Å². The molecule has 0 saturated carbocycles. The molecule has 174 valence electrons. The van der Waals surface area contributed by atoms with Crippen LogP contribution in [0.25, 0.3) is 0 Å². The fourth-order valence-corrected chi connectivity index (χ4v) is 6.55. The van der Waals surface area contributed by atoms with Crippen molar-refractivity contribution in [1.29, 1.82) is 0 Å². The minimum Gasteiger partial charge on any atom is -0.495 e. The number of nitrogens with zero attached hydrogens (tertiary/aromatic N) is 1. The van der Waals surface area contributed by atoms with Gasteiger partial charge in [-0.05, 0) is 63.4 Å². The van der Waals surface area contributed by atoms with Gasteiger partial charge in [0.15, 0.2) is 0 Å². The van der Waals surface area contributed by atoms with Gasteiger partial charge in [-0.3, -0.25) is 4.79 Å². The fraction of sp³-hybridized carbons (Fsp3) is 0.455. The highest BCUT2D eigenvalue weighted by Crippen LogP contribution is 2.32. The van der Waals surface area contributed by atoms with Crippen molar-refractivity contribution in [2.24, 2.45) is 0 Å². The number of hydrogen-bond acceptors (Lipinski definition) is 7. The van der Waals surface area contributed by atoms with Crippen molar-refractivity contribution >= 4 is 38.2 Å². The molecule has 0 spiro atoms. The molecule has 32 heavy (non-hydrogen) atoms. The molecule has 0 radical (unpaired) electrons. The molecule has 0 unspecified atom stereocenters. The Morgan fingerprint density at radius 3 is 2.66 bits per heavy atom. The van der Waals surface area contributed by atoms with Crippen LogP contribution in [0.4, 0.5) is 5.00 Å². The van der Waals surface area contributed by atoms with Crippen LogP contribution in [0.2, 0.25) is 0 Å². The summed E-state index contributed by atoms with van der Waals surface area (Å²) in [5.41, 5.74) is 0.874. The van der Waals surface area contributed by atoms with Crippen LogP contribution >= 0.6 is 11.3 Å². The Kier molecular flexibility index (Phi) is 7.58. The zero-order chi connectivity index (χ0) is 23.5. The lowest BCUT2D eigenvalue weighted by atomic mass is 10.1. The molecule has 0 bridgehead atoms. The van der Waals surface area contributed by atoms with E-state index in [0.29, 0.717) is 22.0 Å². The average molecular weight is 481 g/mol. The highest BCUT2D eigenvalue weighted by atomic mass is 32.2. The lowest BCUT2D eigenvalue weighted by Gasteiger charge is -2.32. The van der Waals surface area contributed by atoms with E-state index in [4.69, 9.17) is 9.47 Å². The standard InChI is InChI=1S/C22H28N2O6S2/c1-5-30-22(26)20-14(2)12-19(31-20)23-21(25)16-9-10-17(29-4)18(13-16)32(27,28)24-11-7-6-8-15(24)3/h9-10,12-13,15H,5-8,11H2,1-4H3,(H,23,25)/t15-/m1/s1. The fourth-order valence-electron chi connectivity index (χ4n) is 3.70. The third kappa shape index (κ3) is 4.97. The molecule has 3 rings (SSSR count). The zero-order valence-electron chi connectivity index (χ0n) is 18.6. The molecule has 1 saturated heterocycles. The molecule has 1 aromatic heterocycles. The van der Waals surface area contributed by atoms with E-state index in [1.54, 1.807) is 19.9 Å². The molecule has 1 aliphatic rings. The molecular formula is C22H28N2O6S2. The lowest BCUT2D eigenvalue weighted by molar-refractivity contribution is 0.0531. The van der Waals surface area contributed by atoms with E-state index >= 15 is 0 Å². The number of hydrogen-bond donors (Lipinski definition) is 1. The Balaban J connectivity index is 1.89. The summed E-state index contributed by atoms with van der Waals surface area (Å²) in [5.74, 6) is -0.729. The Labute approximate surface area is 192 Å². The second-order valence-corrected chi connectivity index (χ2v) is 10.5. The van der Waals surface area contributed by atoms with Crippen molar-refractivity contribution in [1.82, 2.24) is 4.31 Å². The molecule has 1 fully saturated rings. The van der Waals surface area contributed by atoms with Gasteiger partial charge >= 0.3 is 5.97 Å². The SMILES string of the molecule is CCOC(=O)c1sc(NC(=O)c2ccc(OC)c(S(=O)(=O)N3CCCC[C@H]3C)c2)cc1C. The van der Waals surface area contributed by atoms with Crippen molar-refractivity contribution in [3.63, 3.8) is 0 Å². The molecule has 1 atom stereocenters. The molecule has 10 heteroatoms. The van der Waals surface area contributed by atoms with E-state index < -0.39 is 21.9 Å². The summed E-state index contributed by atoms with van der Waals surface area (Å²) in [7, 11) is -2.43. The quantitative estimate of drug-likeness (QED) is 0.600. The first-order chi connectivity index (χ1) is 15.2. The number of aryl methyl sites for hydroxylation is 1. The van der Waals surface area contributed by atoms with Crippen molar-refractivity contribution in [2.45, 2.75) is 51.0 Å². The van der Waals surface area contributed by atoms with Crippen molar-refractivity contribution in [3.05, 3.63) is 40.3 Å². The highest BCUT2D eigenvalue weighted by Gasteiger charge is 2.33.